The lowest BCUT2D eigenvalue weighted by Crippen LogP contribution is -2.04. The van der Waals surface area contributed by atoms with Gasteiger partial charge in [-0.05, 0) is 36.8 Å². The van der Waals surface area contributed by atoms with Crippen LogP contribution in [0.1, 0.15) is 16.7 Å². The number of rotatable bonds is 4. The van der Waals surface area contributed by atoms with E-state index in [1.807, 2.05) is 31.2 Å². The molecule has 0 saturated heterocycles. The Balaban J connectivity index is 2.32. The number of benzene rings is 2. The second-order valence-corrected chi connectivity index (χ2v) is 4.55. The highest BCUT2D eigenvalue weighted by atomic mass is 16.4. The van der Waals surface area contributed by atoms with Crippen LogP contribution in [-0.4, -0.2) is 11.1 Å². The van der Waals surface area contributed by atoms with Gasteiger partial charge in [0.15, 0.2) is 0 Å². The maximum Gasteiger partial charge on any atom is 0.307 e. The molecule has 0 atom stereocenters. The summed E-state index contributed by atoms with van der Waals surface area (Å²) in [6.07, 6.45) is -0.0397. The van der Waals surface area contributed by atoms with Crippen molar-refractivity contribution in [2.45, 2.75) is 13.3 Å². The van der Waals surface area contributed by atoms with E-state index in [-0.39, 0.29) is 6.42 Å². The summed E-state index contributed by atoms with van der Waals surface area (Å²) in [5.41, 5.74) is 3.80. The fraction of sp³-hybridized carbons (Fsp3) is 0.125. The van der Waals surface area contributed by atoms with Crippen molar-refractivity contribution in [3.05, 3.63) is 59.2 Å². The molecule has 4 heteroatoms. The predicted octanol–water partition coefficient (Wildman–Crippen LogP) is 3.24. The molecule has 2 aromatic carbocycles. The van der Waals surface area contributed by atoms with Gasteiger partial charge >= 0.3 is 5.97 Å². The fourth-order valence-electron chi connectivity index (χ4n) is 1.98. The molecule has 0 aliphatic rings. The largest absolute Gasteiger partial charge is 0.481 e. The van der Waals surface area contributed by atoms with Gasteiger partial charge in [-0.1, -0.05) is 23.8 Å². The highest BCUT2D eigenvalue weighted by molar-refractivity contribution is 5.75. The first kappa shape index (κ1) is 13.6. The Bertz CT molecular complexity index is 687. The maximum absolute atomic E-state index is 10.9. The van der Waals surface area contributed by atoms with Crippen molar-refractivity contribution in [1.82, 2.24) is 0 Å². The fourth-order valence-corrected chi connectivity index (χ4v) is 1.98. The summed E-state index contributed by atoms with van der Waals surface area (Å²) in [6.45, 7) is 1.92. The second kappa shape index (κ2) is 5.89. The molecule has 0 amide bonds. The number of carboxylic acid groups (broad SMARTS) is 1. The quantitative estimate of drug-likeness (QED) is 0.891. The summed E-state index contributed by atoms with van der Waals surface area (Å²) < 4.78 is 0. The van der Waals surface area contributed by atoms with Crippen LogP contribution in [0.5, 0.6) is 0 Å². The highest BCUT2D eigenvalue weighted by Crippen LogP contribution is 2.23. The van der Waals surface area contributed by atoms with Crippen LogP contribution >= 0.6 is 0 Å². The molecule has 0 saturated carbocycles. The van der Waals surface area contributed by atoms with E-state index in [2.05, 4.69) is 11.4 Å². The normalized spacial score (nSPS) is 9.80. The van der Waals surface area contributed by atoms with Gasteiger partial charge in [-0.3, -0.25) is 4.79 Å². The number of nitriles is 1. The predicted molar refractivity (Wildman–Crippen MR) is 77.0 cm³/mol. The van der Waals surface area contributed by atoms with Crippen LogP contribution < -0.4 is 5.32 Å². The molecule has 4 nitrogen and oxygen atoms in total. The molecule has 100 valence electrons. The number of nitrogens with one attached hydrogen (secondary N) is 1. The second-order valence-electron chi connectivity index (χ2n) is 4.55. The molecule has 0 aliphatic carbocycles. The van der Waals surface area contributed by atoms with Crippen LogP contribution in [0.3, 0.4) is 0 Å². The zero-order chi connectivity index (χ0) is 14.5. The number of anilines is 2. The van der Waals surface area contributed by atoms with Gasteiger partial charge in [-0.15, -0.1) is 0 Å². The van der Waals surface area contributed by atoms with Crippen LogP contribution in [0.4, 0.5) is 11.4 Å². The van der Waals surface area contributed by atoms with E-state index in [1.54, 1.807) is 18.2 Å². The minimum Gasteiger partial charge on any atom is -0.481 e. The van der Waals surface area contributed by atoms with Crippen molar-refractivity contribution in [2.75, 3.05) is 5.32 Å². The van der Waals surface area contributed by atoms with E-state index in [1.165, 1.54) is 0 Å². The van der Waals surface area contributed by atoms with Crippen LogP contribution in [0.2, 0.25) is 0 Å². The Labute approximate surface area is 117 Å². The number of nitrogens with zero attached hydrogens (tertiary/aromatic N) is 1. The van der Waals surface area contributed by atoms with Gasteiger partial charge in [0.2, 0.25) is 0 Å². The number of carbonyl (C=O) groups is 1. The van der Waals surface area contributed by atoms with E-state index in [9.17, 15) is 4.79 Å². The number of aryl methyl sites for hydroxylation is 1. The summed E-state index contributed by atoms with van der Waals surface area (Å²) in [7, 11) is 0. The van der Waals surface area contributed by atoms with Crippen molar-refractivity contribution in [1.29, 1.82) is 5.26 Å². The Kier molecular flexibility index (Phi) is 4.02. The van der Waals surface area contributed by atoms with E-state index in [0.29, 0.717) is 5.56 Å². The van der Waals surface area contributed by atoms with E-state index in [4.69, 9.17) is 10.4 Å². The van der Waals surface area contributed by atoms with E-state index >= 15 is 0 Å². The summed E-state index contributed by atoms with van der Waals surface area (Å²) in [5, 5.41) is 21.0. The van der Waals surface area contributed by atoms with Crippen LogP contribution in [0.25, 0.3) is 0 Å². The molecule has 2 rings (SSSR count). The first-order valence-corrected chi connectivity index (χ1v) is 6.17. The number of carboxylic acids is 1. The maximum atomic E-state index is 10.9. The van der Waals surface area contributed by atoms with Crippen molar-refractivity contribution in [3.63, 3.8) is 0 Å². The van der Waals surface area contributed by atoms with Gasteiger partial charge in [0.05, 0.1) is 18.1 Å². The number of hydrogen-bond acceptors (Lipinski definition) is 3. The van der Waals surface area contributed by atoms with E-state index < -0.39 is 5.97 Å². The van der Waals surface area contributed by atoms with Crippen molar-refractivity contribution in [2.24, 2.45) is 0 Å². The lowest BCUT2D eigenvalue weighted by Gasteiger charge is -2.12. The molecule has 0 aliphatic heterocycles. The average Bonchev–Trinajstić information content (AvgIpc) is 2.41. The summed E-state index contributed by atoms with van der Waals surface area (Å²) >= 11 is 0. The lowest BCUT2D eigenvalue weighted by atomic mass is 10.1. The van der Waals surface area contributed by atoms with E-state index in [0.717, 1.165) is 22.5 Å². The smallest absolute Gasteiger partial charge is 0.307 e. The molecule has 0 bridgehead atoms. The molecule has 0 fully saturated rings. The van der Waals surface area contributed by atoms with Gasteiger partial charge < -0.3 is 10.4 Å². The highest BCUT2D eigenvalue weighted by Gasteiger charge is 2.08. The SMILES string of the molecule is Cc1ccc(Nc2cccc(C#N)c2)c(CC(=O)O)c1. The molecule has 0 aromatic heterocycles. The molecular formula is C16H14N2O2. The van der Waals surface area contributed by atoms with Gasteiger partial charge in [-0.25, -0.2) is 0 Å². The minimum atomic E-state index is -0.871. The number of aliphatic carboxylic acids is 1. The standard InChI is InChI=1S/C16H14N2O2/c1-11-5-6-15(13(7-11)9-16(19)20)18-14-4-2-3-12(8-14)10-17/h2-8,18H,9H2,1H3,(H,19,20). The molecule has 0 heterocycles. The molecule has 0 unspecified atom stereocenters. The van der Waals surface area contributed by atoms with Crippen molar-refractivity contribution in [3.8, 4) is 6.07 Å². The zero-order valence-electron chi connectivity index (χ0n) is 11.1. The van der Waals surface area contributed by atoms with Gasteiger partial charge in [0, 0.05) is 11.4 Å². The third kappa shape index (κ3) is 3.36. The Morgan fingerprint density at radius 3 is 2.80 bits per heavy atom. The molecule has 0 spiro atoms. The van der Waals surface area contributed by atoms with Crippen LogP contribution in [0, 0.1) is 18.3 Å². The van der Waals surface area contributed by atoms with Crippen molar-refractivity contribution >= 4 is 17.3 Å². The topological polar surface area (TPSA) is 73.1 Å². The summed E-state index contributed by atoms with van der Waals surface area (Å²) in [5.74, 6) is -0.871. The monoisotopic (exact) mass is 266 g/mol. The van der Waals surface area contributed by atoms with Gasteiger partial charge in [0.25, 0.3) is 0 Å². The Hall–Kier alpha value is -2.80. The minimum absolute atomic E-state index is 0.0397. The molecule has 20 heavy (non-hydrogen) atoms. The Morgan fingerprint density at radius 2 is 2.10 bits per heavy atom. The summed E-state index contributed by atoms with van der Waals surface area (Å²) in [6, 6.07) is 14.8. The lowest BCUT2D eigenvalue weighted by molar-refractivity contribution is -0.136. The Morgan fingerprint density at radius 1 is 1.30 bits per heavy atom. The van der Waals surface area contributed by atoms with Crippen LogP contribution in [0.15, 0.2) is 42.5 Å². The van der Waals surface area contributed by atoms with Crippen LogP contribution in [-0.2, 0) is 11.2 Å². The third-order valence-corrected chi connectivity index (χ3v) is 2.87. The average molecular weight is 266 g/mol. The first-order valence-electron chi connectivity index (χ1n) is 6.17. The summed E-state index contributed by atoms with van der Waals surface area (Å²) in [4.78, 5) is 10.9. The first-order chi connectivity index (χ1) is 9.58. The van der Waals surface area contributed by atoms with Gasteiger partial charge in [-0.2, -0.15) is 5.26 Å². The zero-order valence-corrected chi connectivity index (χ0v) is 11.1. The molecule has 0 radical (unpaired) electrons. The molecular weight excluding hydrogens is 252 g/mol. The molecule has 2 N–H and O–H groups in total. The van der Waals surface area contributed by atoms with Gasteiger partial charge in [0.1, 0.15) is 0 Å². The molecule has 2 aromatic rings. The third-order valence-electron chi connectivity index (χ3n) is 2.87. The number of hydrogen-bond donors (Lipinski definition) is 2. The van der Waals surface area contributed by atoms with Crippen molar-refractivity contribution < 1.29 is 9.90 Å².